The lowest BCUT2D eigenvalue weighted by atomic mass is 10.2. The molecule has 3 rings (SSSR count). The minimum Gasteiger partial charge on any atom is -0.492 e. The number of rotatable bonds is 6. The van der Waals surface area contributed by atoms with Gasteiger partial charge >= 0.3 is 6.36 Å². The maximum Gasteiger partial charge on any atom is 0.573 e. The SMILES string of the molecule is Cn1cc(-c2ccc(=O)n(CCOc3ccc(OC(F)(F)F)cc3)n2)cn1. The van der Waals surface area contributed by atoms with Crippen molar-refractivity contribution in [2.75, 3.05) is 6.61 Å². The molecule has 1 aromatic carbocycles. The Morgan fingerprint density at radius 2 is 1.78 bits per heavy atom. The smallest absolute Gasteiger partial charge is 0.492 e. The largest absolute Gasteiger partial charge is 0.573 e. The first-order valence-corrected chi connectivity index (χ1v) is 7.86. The molecule has 27 heavy (non-hydrogen) atoms. The lowest BCUT2D eigenvalue weighted by Crippen LogP contribution is -2.25. The van der Waals surface area contributed by atoms with Crippen molar-refractivity contribution in [2.24, 2.45) is 7.05 Å². The molecule has 0 unspecified atom stereocenters. The van der Waals surface area contributed by atoms with Crippen molar-refractivity contribution in [1.29, 1.82) is 0 Å². The van der Waals surface area contributed by atoms with Gasteiger partial charge in [0.05, 0.1) is 18.4 Å². The van der Waals surface area contributed by atoms with Crippen LogP contribution in [0.2, 0.25) is 0 Å². The summed E-state index contributed by atoms with van der Waals surface area (Å²) in [5.41, 5.74) is 1.07. The van der Waals surface area contributed by atoms with Gasteiger partial charge in [0.15, 0.2) is 0 Å². The highest BCUT2D eigenvalue weighted by atomic mass is 19.4. The van der Waals surface area contributed by atoms with Crippen LogP contribution in [-0.4, -0.2) is 32.5 Å². The van der Waals surface area contributed by atoms with Crippen LogP contribution in [0.25, 0.3) is 11.3 Å². The van der Waals surface area contributed by atoms with E-state index in [0.29, 0.717) is 11.4 Å². The maximum atomic E-state index is 12.1. The molecule has 0 N–H and O–H groups in total. The van der Waals surface area contributed by atoms with E-state index in [2.05, 4.69) is 14.9 Å². The molecule has 2 aromatic heterocycles. The van der Waals surface area contributed by atoms with Gasteiger partial charge in [0.25, 0.3) is 5.56 Å². The van der Waals surface area contributed by atoms with Crippen LogP contribution in [0, 0.1) is 0 Å². The van der Waals surface area contributed by atoms with E-state index in [1.54, 1.807) is 30.2 Å². The second-order valence-corrected chi connectivity index (χ2v) is 5.55. The molecule has 10 heteroatoms. The molecule has 0 aliphatic rings. The Hall–Kier alpha value is -3.30. The van der Waals surface area contributed by atoms with Gasteiger partial charge in [0.2, 0.25) is 0 Å². The minimum absolute atomic E-state index is 0.114. The lowest BCUT2D eigenvalue weighted by molar-refractivity contribution is -0.274. The van der Waals surface area contributed by atoms with Gasteiger partial charge in [-0.2, -0.15) is 10.2 Å². The number of aromatic nitrogens is 4. The molecule has 2 heterocycles. The Labute approximate surface area is 151 Å². The molecule has 142 valence electrons. The summed E-state index contributed by atoms with van der Waals surface area (Å²) >= 11 is 0. The van der Waals surface area contributed by atoms with Gasteiger partial charge in [-0.05, 0) is 30.3 Å². The zero-order valence-corrected chi connectivity index (χ0v) is 14.2. The van der Waals surface area contributed by atoms with E-state index in [0.717, 1.165) is 17.7 Å². The van der Waals surface area contributed by atoms with Crippen LogP contribution in [0.1, 0.15) is 0 Å². The van der Waals surface area contributed by atoms with E-state index in [9.17, 15) is 18.0 Å². The van der Waals surface area contributed by atoms with Crippen molar-refractivity contribution >= 4 is 0 Å². The summed E-state index contributed by atoms with van der Waals surface area (Å²) in [6, 6.07) is 8.01. The van der Waals surface area contributed by atoms with E-state index in [1.165, 1.54) is 22.9 Å². The molecule has 0 spiro atoms. The predicted molar refractivity (Wildman–Crippen MR) is 89.3 cm³/mol. The Morgan fingerprint density at radius 3 is 2.41 bits per heavy atom. The van der Waals surface area contributed by atoms with Gasteiger partial charge in [-0.25, -0.2) is 4.68 Å². The molecular formula is C17H15F3N4O3. The van der Waals surface area contributed by atoms with Gasteiger partial charge in [-0.3, -0.25) is 9.48 Å². The van der Waals surface area contributed by atoms with Crippen molar-refractivity contribution in [3.8, 4) is 22.8 Å². The highest BCUT2D eigenvalue weighted by Gasteiger charge is 2.30. The molecule has 7 nitrogen and oxygen atoms in total. The van der Waals surface area contributed by atoms with Crippen molar-refractivity contribution in [1.82, 2.24) is 19.6 Å². The second-order valence-electron chi connectivity index (χ2n) is 5.55. The van der Waals surface area contributed by atoms with Crippen LogP contribution in [0.5, 0.6) is 11.5 Å². The number of hydrogen-bond acceptors (Lipinski definition) is 5. The number of benzene rings is 1. The van der Waals surface area contributed by atoms with E-state index in [-0.39, 0.29) is 24.5 Å². The summed E-state index contributed by atoms with van der Waals surface area (Å²) in [5.74, 6) is 0.0119. The molecule has 0 bridgehead atoms. The molecule has 0 radical (unpaired) electrons. The first kappa shape index (κ1) is 18.5. The summed E-state index contributed by atoms with van der Waals surface area (Å²) in [7, 11) is 1.78. The normalized spacial score (nSPS) is 11.4. The fourth-order valence-electron chi connectivity index (χ4n) is 2.30. The first-order chi connectivity index (χ1) is 12.8. The predicted octanol–water partition coefficient (Wildman–Crippen LogP) is 2.62. The molecule has 0 atom stereocenters. The second kappa shape index (κ2) is 7.52. The monoisotopic (exact) mass is 380 g/mol. The van der Waals surface area contributed by atoms with Gasteiger partial charge in [-0.15, -0.1) is 13.2 Å². The summed E-state index contributed by atoms with van der Waals surface area (Å²) < 4.78 is 48.5. The number of halogens is 3. The van der Waals surface area contributed by atoms with Gasteiger partial charge in [0.1, 0.15) is 18.1 Å². The highest BCUT2D eigenvalue weighted by Crippen LogP contribution is 2.24. The third-order valence-corrected chi connectivity index (χ3v) is 3.50. The van der Waals surface area contributed by atoms with E-state index < -0.39 is 6.36 Å². The molecule has 0 saturated heterocycles. The summed E-state index contributed by atoms with van der Waals surface area (Å²) in [6.07, 6.45) is -1.33. The minimum atomic E-state index is -4.74. The van der Waals surface area contributed by atoms with Gasteiger partial charge in [-0.1, -0.05) is 0 Å². The van der Waals surface area contributed by atoms with Crippen molar-refractivity contribution in [3.05, 3.63) is 59.1 Å². The third kappa shape index (κ3) is 5.09. The Morgan fingerprint density at radius 1 is 1.07 bits per heavy atom. The fourth-order valence-corrected chi connectivity index (χ4v) is 2.30. The Bertz CT molecular complexity index is 965. The first-order valence-electron chi connectivity index (χ1n) is 7.86. The Balaban J connectivity index is 1.61. The average Bonchev–Trinajstić information content (AvgIpc) is 3.03. The topological polar surface area (TPSA) is 71.2 Å². The van der Waals surface area contributed by atoms with Crippen molar-refractivity contribution in [2.45, 2.75) is 12.9 Å². The summed E-state index contributed by atoms with van der Waals surface area (Å²) in [6.45, 7) is 0.288. The molecular weight excluding hydrogens is 365 g/mol. The van der Waals surface area contributed by atoms with Crippen LogP contribution in [0.15, 0.2) is 53.6 Å². The maximum absolute atomic E-state index is 12.1. The van der Waals surface area contributed by atoms with Crippen LogP contribution < -0.4 is 15.0 Å². The molecule has 0 saturated carbocycles. The van der Waals surface area contributed by atoms with Gasteiger partial charge < -0.3 is 9.47 Å². The lowest BCUT2D eigenvalue weighted by Gasteiger charge is -2.10. The van der Waals surface area contributed by atoms with Crippen LogP contribution in [0.3, 0.4) is 0 Å². The Kier molecular flexibility index (Phi) is 5.15. The van der Waals surface area contributed by atoms with Crippen LogP contribution in [-0.2, 0) is 13.6 Å². The molecule has 3 aromatic rings. The number of alkyl halides is 3. The number of ether oxygens (including phenoxy) is 2. The third-order valence-electron chi connectivity index (χ3n) is 3.50. The zero-order chi connectivity index (χ0) is 19.4. The standard InChI is InChI=1S/C17H15F3N4O3/c1-23-11-12(10-21-23)15-6-7-16(25)24(22-15)8-9-26-13-2-4-14(5-3-13)27-17(18,19)20/h2-7,10-11H,8-9H2,1H3. The molecule has 0 amide bonds. The highest BCUT2D eigenvalue weighted by molar-refractivity contribution is 5.55. The molecule has 0 aliphatic heterocycles. The van der Waals surface area contributed by atoms with Crippen LogP contribution >= 0.6 is 0 Å². The summed E-state index contributed by atoms with van der Waals surface area (Å²) in [4.78, 5) is 11.9. The fraction of sp³-hybridized carbons (Fsp3) is 0.235. The molecule has 0 aliphatic carbocycles. The van der Waals surface area contributed by atoms with E-state index in [4.69, 9.17) is 4.74 Å². The average molecular weight is 380 g/mol. The quantitative estimate of drug-likeness (QED) is 0.658. The van der Waals surface area contributed by atoms with E-state index >= 15 is 0 Å². The van der Waals surface area contributed by atoms with E-state index in [1.807, 2.05) is 0 Å². The number of hydrogen-bond donors (Lipinski definition) is 0. The van der Waals surface area contributed by atoms with Crippen molar-refractivity contribution in [3.63, 3.8) is 0 Å². The van der Waals surface area contributed by atoms with Crippen LogP contribution in [0.4, 0.5) is 13.2 Å². The van der Waals surface area contributed by atoms with Gasteiger partial charge in [0, 0.05) is 24.9 Å². The summed E-state index contributed by atoms with van der Waals surface area (Å²) in [5, 5.41) is 8.33. The number of nitrogens with zero attached hydrogens (tertiary/aromatic N) is 4. The van der Waals surface area contributed by atoms with Crippen molar-refractivity contribution < 1.29 is 22.6 Å². The zero-order valence-electron chi connectivity index (χ0n) is 14.2. The number of aryl methyl sites for hydroxylation is 1. The molecule has 0 fully saturated rings.